The molecule has 1 unspecified atom stereocenters. The Labute approximate surface area is 112 Å². The molecular weight excluding hydrogens is 280 g/mol. The molecule has 0 fully saturated rings. The van der Waals surface area contributed by atoms with Crippen molar-refractivity contribution in [2.24, 2.45) is 0 Å². The summed E-state index contributed by atoms with van der Waals surface area (Å²) in [5.41, 5.74) is 2.52. The molecule has 1 aromatic rings. The Morgan fingerprint density at radius 2 is 1.94 bits per heavy atom. The van der Waals surface area contributed by atoms with Crippen LogP contribution in [0.15, 0.2) is 24.3 Å². The fourth-order valence-corrected chi connectivity index (χ4v) is 2.20. The van der Waals surface area contributed by atoms with Gasteiger partial charge in [0, 0.05) is 11.9 Å². The van der Waals surface area contributed by atoms with E-state index < -0.39 is 0 Å². The molecule has 2 nitrogen and oxygen atoms in total. The van der Waals surface area contributed by atoms with E-state index in [9.17, 15) is 0 Å². The Kier molecular flexibility index (Phi) is 7.49. The molecule has 3 heteroatoms. The molecule has 0 saturated heterocycles. The summed E-state index contributed by atoms with van der Waals surface area (Å²) < 4.78 is 11.2. The van der Waals surface area contributed by atoms with Crippen molar-refractivity contribution in [1.82, 2.24) is 0 Å². The second kappa shape index (κ2) is 8.67. The summed E-state index contributed by atoms with van der Waals surface area (Å²) >= 11 is 3.50. The lowest BCUT2D eigenvalue weighted by molar-refractivity contribution is 0.0139. The van der Waals surface area contributed by atoms with Crippen LogP contribution in [0, 0.1) is 6.92 Å². The van der Waals surface area contributed by atoms with Gasteiger partial charge in [-0.3, -0.25) is 0 Å². The predicted octanol–water partition coefficient (Wildman–Crippen LogP) is 3.87. The Balaban J connectivity index is 2.41. The van der Waals surface area contributed by atoms with Crippen LogP contribution in [-0.4, -0.2) is 25.2 Å². The Morgan fingerprint density at radius 3 is 2.59 bits per heavy atom. The van der Waals surface area contributed by atoms with Crippen LogP contribution >= 0.6 is 15.9 Å². The van der Waals surface area contributed by atoms with Crippen molar-refractivity contribution in [3.05, 3.63) is 35.4 Å². The molecule has 0 aliphatic heterocycles. The third-order valence-corrected chi connectivity index (χ3v) is 3.16. The highest BCUT2D eigenvalue weighted by molar-refractivity contribution is 9.09. The van der Waals surface area contributed by atoms with Gasteiger partial charge in [0.2, 0.25) is 0 Å². The zero-order chi connectivity index (χ0) is 12.5. The third kappa shape index (κ3) is 5.19. The Morgan fingerprint density at radius 1 is 1.18 bits per heavy atom. The number of benzene rings is 1. The summed E-state index contributed by atoms with van der Waals surface area (Å²) in [5, 5.41) is 0.811. The second-order valence-electron chi connectivity index (χ2n) is 3.98. The summed E-state index contributed by atoms with van der Waals surface area (Å²) in [4.78, 5) is 0. The van der Waals surface area contributed by atoms with Gasteiger partial charge in [0.25, 0.3) is 0 Å². The molecule has 0 radical (unpaired) electrons. The van der Waals surface area contributed by atoms with Crippen LogP contribution in [0.5, 0.6) is 0 Å². The van der Waals surface area contributed by atoms with E-state index >= 15 is 0 Å². The third-order valence-electron chi connectivity index (χ3n) is 2.57. The van der Waals surface area contributed by atoms with Gasteiger partial charge in [-0.15, -0.1) is 0 Å². The largest absolute Gasteiger partial charge is 0.379 e. The van der Waals surface area contributed by atoms with Crippen LogP contribution in [0.25, 0.3) is 0 Å². The minimum atomic E-state index is 0.112. The SMILES string of the molecule is CCCOCCOC(CBr)c1ccccc1C. The first kappa shape index (κ1) is 14.7. The number of alkyl halides is 1. The number of aryl methyl sites for hydroxylation is 1. The predicted molar refractivity (Wildman–Crippen MR) is 74.8 cm³/mol. The molecule has 0 spiro atoms. The molecular formula is C14H21BrO2. The van der Waals surface area contributed by atoms with Crippen molar-refractivity contribution >= 4 is 15.9 Å². The zero-order valence-corrected chi connectivity index (χ0v) is 12.2. The van der Waals surface area contributed by atoms with Gasteiger partial charge in [0.15, 0.2) is 0 Å². The normalized spacial score (nSPS) is 12.6. The van der Waals surface area contributed by atoms with Gasteiger partial charge in [0.1, 0.15) is 0 Å². The van der Waals surface area contributed by atoms with Gasteiger partial charge < -0.3 is 9.47 Å². The molecule has 0 aliphatic rings. The van der Waals surface area contributed by atoms with E-state index in [1.807, 2.05) is 0 Å². The summed E-state index contributed by atoms with van der Waals surface area (Å²) in [6.07, 6.45) is 1.17. The van der Waals surface area contributed by atoms with Crippen LogP contribution in [0.1, 0.15) is 30.6 Å². The molecule has 96 valence electrons. The van der Waals surface area contributed by atoms with Crippen molar-refractivity contribution in [2.45, 2.75) is 26.4 Å². The van der Waals surface area contributed by atoms with E-state index in [-0.39, 0.29) is 6.10 Å². The maximum Gasteiger partial charge on any atom is 0.0925 e. The maximum absolute atomic E-state index is 5.83. The van der Waals surface area contributed by atoms with E-state index in [4.69, 9.17) is 9.47 Å². The monoisotopic (exact) mass is 300 g/mol. The Bertz CT molecular complexity index is 315. The van der Waals surface area contributed by atoms with E-state index in [0.29, 0.717) is 13.2 Å². The van der Waals surface area contributed by atoms with Gasteiger partial charge in [-0.05, 0) is 24.5 Å². The standard InChI is InChI=1S/C14H21BrO2/c1-3-8-16-9-10-17-14(11-15)13-7-5-4-6-12(13)2/h4-7,14H,3,8-11H2,1-2H3. The molecule has 17 heavy (non-hydrogen) atoms. The summed E-state index contributed by atoms with van der Waals surface area (Å²) in [5.74, 6) is 0. The molecule has 1 aromatic carbocycles. The molecule has 0 amide bonds. The molecule has 1 atom stereocenters. The summed E-state index contributed by atoms with van der Waals surface area (Å²) in [6.45, 7) is 6.35. The quantitative estimate of drug-likeness (QED) is 0.536. The number of rotatable bonds is 8. The highest BCUT2D eigenvalue weighted by Gasteiger charge is 2.12. The van der Waals surface area contributed by atoms with Crippen molar-refractivity contribution in [2.75, 3.05) is 25.2 Å². The highest BCUT2D eigenvalue weighted by atomic mass is 79.9. The van der Waals surface area contributed by atoms with E-state index in [0.717, 1.165) is 18.4 Å². The second-order valence-corrected chi connectivity index (χ2v) is 4.63. The number of ether oxygens (including phenoxy) is 2. The van der Waals surface area contributed by atoms with Crippen LogP contribution in [-0.2, 0) is 9.47 Å². The minimum Gasteiger partial charge on any atom is -0.379 e. The Hall–Kier alpha value is -0.380. The zero-order valence-electron chi connectivity index (χ0n) is 10.6. The van der Waals surface area contributed by atoms with E-state index in [1.54, 1.807) is 0 Å². The first-order chi connectivity index (χ1) is 8.29. The smallest absolute Gasteiger partial charge is 0.0925 e. The van der Waals surface area contributed by atoms with Gasteiger partial charge in [-0.25, -0.2) is 0 Å². The van der Waals surface area contributed by atoms with Crippen molar-refractivity contribution in [1.29, 1.82) is 0 Å². The van der Waals surface area contributed by atoms with Crippen LogP contribution < -0.4 is 0 Å². The van der Waals surface area contributed by atoms with E-state index in [1.165, 1.54) is 11.1 Å². The number of halogens is 1. The van der Waals surface area contributed by atoms with Gasteiger partial charge in [-0.2, -0.15) is 0 Å². The lowest BCUT2D eigenvalue weighted by Crippen LogP contribution is -2.12. The fraction of sp³-hybridized carbons (Fsp3) is 0.571. The number of hydrogen-bond donors (Lipinski definition) is 0. The first-order valence-electron chi connectivity index (χ1n) is 6.10. The molecule has 0 aliphatic carbocycles. The molecule has 0 aromatic heterocycles. The number of hydrogen-bond acceptors (Lipinski definition) is 2. The van der Waals surface area contributed by atoms with Gasteiger partial charge >= 0.3 is 0 Å². The van der Waals surface area contributed by atoms with Gasteiger partial charge in [0.05, 0.1) is 19.3 Å². The molecule has 1 rings (SSSR count). The fourth-order valence-electron chi connectivity index (χ4n) is 1.66. The molecule has 0 N–H and O–H groups in total. The first-order valence-corrected chi connectivity index (χ1v) is 7.22. The highest BCUT2D eigenvalue weighted by Crippen LogP contribution is 2.22. The molecule has 0 saturated carbocycles. The van der Waals surface area contributed by atoms with Crippen LogP contribution in [0.3, 0.4) is 0 Å². The van der Waals surface area contributed by atoms with Gasteiger partial charge in [-0.1, -0.05) is 47.1 Å². The van der Waals surface area contributed by atoms with Crippen LogP contribution in [0.2, 0.25) is 0 Å². The summed E-state index contributed by atoms with van der Waals surface area (Å²) in [6, 6.07) is 8.33. The average molecular weight is 301 g/mol. The molecule has 0 bridgehead atoms. The topological polar surface area (TPSA) is 18.5 Å². The lowest BCUT2D eigenvalue weighted by Gasteiger charge is -2.17. The van der Waals surface area contributed by atoms with Crippen molar-refractivity contribution < 1.29 is 9.47 Å². The minimum absolute atomic E-state index is 0.112. The van der Waals surface area contributed by atoms with Crippen molar-refractivity contribution in [3.8, 4) is 0 Å². The lowest BCUT2D eigenvalue weighted by atomic mass is 10.0. The maximum atomic E-state index is 5.83. The van der Waals surface area contributed by atoms with Crippen molar-refractivity contribution in [3.63, 3.8) is 0 Å². The summed E-state index contributed by atoms with van der Waals surface area (Å²) in [7, 11) is 0. The van der Waals surface area contributed by atoms with E-state index in [2.05, 4.69) is 54.0 Å². The molecule has 0 heterocycles. The van der Waals surface area contributed by atoms with Crippen LogP contribution in [0.4, 0.5) is 0 Å². The average Bonchev–Trinajstić information content (AvgIpc) is 2.35.